The van der Waals surface area contributed by atoms with Crippen LogP contribution in [-0.4, -0.2) is 36.9 Å². The Morgan fingerprint density at radius 3 is 2.43 bits per heavy atom. The van der Waals surface area contributed by atoms with Crippen LogP contribution in [-0.2, 0) is 9.53 Å². The average molecular weight is 297 g/mol. The second-order valence-corrected chi connectivity index (χ2v) is 6.90. The molecule has 2 rings (SSSR count). The fourth-order valence-corrected chi connectivity index (χ4v) is 3.85. The van der Waals surface area contributed by atoms with Crippen molar-refractivity contribution in [1.29, 1.82) is 0 Å². The lowest BCUT2D eigenvalue weighted by Gasteiger charge is -2.38. The molecule has 0 radical (unpaired) electrons. The van der Waals surface area contributed by atoms with E-state index < -0.39 is 0 Å². The summed E-state index contributed by atoms with van der Waals surface area (Å²) in [5.74, 6) is 0.0829. The normalized spacial score (nSPS) is 29.0. The molecule has 0 aliphatic heterocycles. The monoisotopic (exact) mass is 297 g/mol. The summed E-state index contributed by atoms with van der Waals surface area (Å²) in [5.41, 5.74) is 0.107. The van der Waals surface area contributed by atoms with Crippen LogP contribution in [0.1, 0.15) is 64.7 Å². The highest BCUT2D eigenvalue weighted by molar-refractivity contribution is 5.72. The van der Waals surface area contributed by atoms with Crippen molar-refractivity contribution in [3.8, 4) is 0 Å². The van der Waals surface area contributed by atoms with Gasteiger partial charge in [0.05, 0.1) is 12.5 Å². The number of hydrogen-bond donors (Lipinski definition) is 2. The Morgan fingerprint density at radius 1 is 1.19 bits per heavy atom. The summed E-state index contributed by atoms with van der Waals surface area (Å²) in [6, 6.07) is 0.501. The molecule has 0 unspecified atom stereocenters. The second kappa shape index (κ2) is 8.14. The maximum absolute atomic E-state index is 11.7. The molecule has 0 aromatic rings. The van der Waals surface area contributed by atoms with E-state index in [1.807, 2.05) is 6.92 Å². The molecular formula is C17H31NO3. The Hall–Kier alpha value is -0.610. The van der Waals surface area contributed by atoms with Crippen molar-refractivity contribution in [3.05, 3.63) is 0 Å². The maximum atomic E-state index is 11.7. The highest BCUT2D eigenvalue weighted by Crippen LogP contribution is 2.36. The summed E-state index contributed by atoms with van der Waals surface area (Å²) in [4.78, 5) is 11.7. The number of carbonyl (C=O) groups is 1. The minimum atomic E-state index is -0.0185. The van der Waals surface area contributed by atoms with Crippen molar-refractivity contribution in [2.75, 3.05) is 19.8 Å². The first-order chi connectivity index (χ1) is 10.2. The SMILES string of the molecule is CCOC(=O)C1CCC(NCC2(CO)CCCCC2)CC1. The molecule has 2 N–H and O–H groups in total. The van der Waals surface area contributed by atoms with Gasteiger partial charge < -0.3 is 15.2 Å². The van der Waals surface area contributed by atoms with Crippen LogP contribution in [0.4, 0.5) is 0 Å². The number of aliphatic hydroxyl groups excluding tert-OH is 1. The molecule has 0 heterocycles. The first kappa shape index (κ1) is 16.8. The van der Waals surface area contributed by atoms with Gasteiger partial charge in [-0.05, 0) is 45.4 Å². The standard InChI is InChI=1S/C17H31NO3/c1-2-21-16(20)14-6-8-15(9-7-14)18-12-17(13-19)10-4-3-5-11-17/h14-15,18-19H,2-13H2,1H3. The number of hydrogen-bond acceptors (Lipinski definition) is 4. The predicted octanol–water partition coefficient (Wildman–Crippen LogP) is 2.64. The van der Waals surface area contributed by atoms with E-state index in [0.717, 1.165) is 45.1 Å². The van der Waals surface area contributed by atoms with Gasteiger partial charge in [-0.2, -0.15) is 0 Å². The lowest BCUT2D eigenvalue weighted by Crippen LogP contribution is -2.44. The van der Waals surface area contributed by atoms with E-state index in [1.165, 1.54) is 19.3 Å². The zero-order chi connectivity index (χ0) is 15.1. The largest absolute Gasteiger partial charge is 0.466 e. The van der Waals surface area contributed by atoms with Crippen molar-refractivity contribution >= 4 is 5.97 Å². The van der Waals surface area contributed by atoms with E-state index in [4.69, 9.17) is 4.74 Å². The van der Waals surface area contributed by atoms with Crippen molar-refractivity contribution in [1.82, 2.24) is 5.32 Å². The molecule has 21 heavy (non-hydrogen) atoms. The van der Waals surface area contributed by atoms with Crippen LogP contribution in [0.2, 0.25) is 0 Å². The van der Waals surface area contributed by atoms with Crippen LogP contribution < -0.4 is 5.32 Å². The van der Waals surface area contributed by atoms with E-state index in [0.29, 0.717) is 19.3 Å². The Morgan fingerprint density at radius 2 is 1.86 bits per heavy atom. The summed E-state index contributed by atoms with van der Waals surface area (Å²) >= 11 is 0. The van der Waals surface area contributed by atoms with Gasteiger partial charge in [0.15, 0.2) is 0 Å². The van der Waals surface area contributed by atoms with Crippen molar-refractivity contribution < 1.29 is 14.6 Å². The van der Waals surface area contributed by atoms with Gasteiger partial charge in [-0.3, -0.25) is 4.79 Å². The van der Waals surface area contributed by atoms with Crippen molar-refractivity contribution in [3.63, 3.8) is 0 Å². The second-order valence-electron chi connectivity index (χ2n) is 6.90. The zero-order valence-electron chi connectivity index (χ0n) is 13.4. The molecule has 0 atom stereocenters. The Balaban J connectivity index is 1.72. The van der Waals surface area contributed by atoms with Crippen molar-refractivity contribution in [2.24, 2.45) is 11.3 Å². The fraction of sp³-hybridized carbons (Fsp3) is 0.941. The zero-order valence-corrected chi connectivity index (χ0v) is 13.4. The molecule has 0 saturated heterocycles. The Kier molecular flexibility index (Phi) is 6.49. The number of esters is 1. The molecule has 0 aromatic heterocycles. The molecular weight excluding hydrogens is 266 g/mol. The molecule has 4 heteroatoms. The van der Waals surface area contributed by atoms with Gasteiger partial charge in [0.1, 0.15) is 0 Å². The van der Waals surface area contributed by atoms with Crippen LogP contribution in [0.15, 0.2) is 0 Å². The minimum absolute atomic E-state index is 0.0185. The number of rotatable bonds is 6. The molecule has 0 spiro atoms. The van der Waals surface area contributed by atoms with Crippen LogP contribution in [0, 0.1) is 11.3 Å². The molecule has 122 valence electrons. The maximum Gasteiger partial charge on any atom is 0.308 e. The molecule has 2 aliphatic carbocycles. The summed E-state index contributed by atoms with van der Waals surface area (Å²) < 4.78 is 5.11. The van der Waals surface area contributed by atoms with E-state index in [9.17, 15) is 9.90 Å². The van der Waals surface area contributed by atoms with Gasteiger partial charge in [0.25, 0.3) is 0 Å². The third-order valence-electron chi connectivity index (χ3n) is 5.36. The summed E-state index contributed by atoms with van der Waals surface area (Å²) in [5, 5.41) is 13.4. The lowest BCUT2D eigenvalue weighted by atomic mass is 9.74. The van der Waals surface area contributed by atoms with Gasteiger partial charge >= 0.3 is 5.97 Å². The third kappa shape index (κ3) is 4.68. The van der Waals surface area contributed by atoms with Crippen molar-refractivity contribution in [2.45, 2.75) is 70.8 Å². The molecule has 2 aliphatic rings. The topological polar surface area (TPSA) is 58.6 Å². The van der Waals surface area contributed by atoms with E-state index in [1.54, 1.807) is 0 Å². The number of nitrogens with one attached hydrogen (secondary N) is 1. The highest BCUT2D eigenvalue weighted by Gasteiger charge is 2.33. The molecule has 0 bridgehead atoms. The quantitative estimate of drug-likeness (QED) is 0.740. The van der Waals surface area contributed by atoms with Crippen LogP contribution >= 0.6 is 0 Å². The minimum Gasteiger partial charge on any atom is -0.466 e. The number of carbonyl (C=O) groups excluding carboxylic acids is 1. The number of aliphatic hydroxyl groups is 1. The van der Waals surface area contributed by atoms with Crippen LogP contribution in [0.25, 0.3) is 0 Å². The predicted molar refractivity (Wildman–Crippen MR) is 83.0 cm³/mol. The lowest BCUT2D eigenvalue weighted by molar-refractivity contribution is -0.149. The van der Waals surface area contributed by atoms with Crippen LogP contribution in [0.5, 0.6) is 0 Å². The van der Waals surface area contributed by atoms with E-state index in [2.05, 4.69) is 5.32 Å². The summed E-state index contributed by atoms with van der Waals surface area (Å²) in [6.07, 6.45) is 10.1. The van der Waals surface area contributed by atoms with Gasteiger partial charge in [-0.15, -0.1) is 0 Å². The Labute approximate surface area is 128 Å². The summed E-state index contributed by atoms with van der Waals surface area (Å²) in [7, 11) is 0. The molecule has 2 fully saturated rings. The first-order valence-corrected chi connectivity index (χ1v) is 8.70. The van der Waals surface area contributed by atoms with Gasteiger partial charge in [-0.25, -0.2) is 0 Å². The first-order valence-electron chi connectivity index (χ1n) is 8.70. The number of ether oxygens (including phenoxy) is 1. The molecule has 4 nitrogen and oxygen atoms in total. The molecule has 0 aromatic carbocycles. The average Bonchev–Trinajstić information content (AvgIpc) is 2.54. The summed E-state index contributed by atoms with van der Waals surface area (Å²) in [6.45, 7) is 3.58. The van der Waals surface area contributed by atoms with Crippen LogP contribution in [0.3, 0.4) is 0 Å². The van der Waals surface area contributed by atoms with Gasteiger partial charge in [0.2, 0.25) is 0 Å². The smallest absolute Gasteiger partial charge is 0.308 e. The third-order valence-corrected chi connectivity index (χ3v) is 5.36. The van der Waals surface area contributed by atoms with Gasteiger partial charge in [0, 0.05) is 24.6 Å². The fourth-order valence-electron chi connectivity index (χ4n) is 3.85. The molecule has 0 amide bonds. The van der Waals surface area contributed by atoms with E-state index >= 15 is 0 Å². The highest BCUT2D eigenvalue weighted by atomic mass is 16.5. The van der Waals surface area contributed by atoms with E-state index in [-0.39, 0.29) is 17.3 Å². The Bertz CT molecular complexity index is 318. The van der Waals surface area contributed by atoms with Gasteiger partial charge in [-0.1, -0.05) is 19.3 Å². The molecule has 2 saturated carbocycles.